The molecule has 5 heteroatoms. The highest BCUT2D eigenvalue weighted by atomic mass is 19.1. The molecule has 1 fully saturated rings. The number of hydrogen-bond acceptors (Lipinski definition) is 4. The first-order valence-corrected chi connectivity index (χ1v) is 7.34. The molecule has 2 rings (SSSR count). The minimum atomic E-state index is -0.781. The summed E-state index contributed by atoms with van der Waals surface area (Å²) in [5, 5.41) is 13.6. The molecular formula is C16H25FN2O2. The molecule has 1 aromatic carbocycles. The predicted octanol–water partition coefficient (Wildman–Crippen LogP) is 3.16. The summed E-state index contributed by atoms with van der Waals surface area (Å²) in [4.78, 5) is 0. The summed E-state index contributed by atoms with van der Waals surface area (Å²) >= 11 is 0. The highest BCUT2D eigenvalue weighted by Gasteiger charge is 2.36. The average molecular weight is 296 g/mol. The van der Waals surface area contributed by atoms with Crippen LogP contribution in [-0.4, -0.2) is 24.4 Å². The van der Waals surface area contributed by atoms with Crippen LogP contribution in [0.25, 0.3) is 0 Å². The molecule has 1 aliphatic carbocycles. The molecule has 4 nitrogen and oxygen atoms in total. The predicted molar refractivity (Wildman–Crippen MR) is 83.1 cm³/mol. The Hall–Kier alpha value is -1.49. The van der Waals surface area contributed by atoms with Crippen molar-refractivity contribution in [3.05, 3.63) is 17.9 Å². The smallest absolute Gasteiger partial charge is 0.148 e. The molecule has 0 unspecified atom stereocenters. The summed E-state index contributed by atoms with van der Waals surface area (Å²) in [7, 11) is 1.49. The fraction of sp³-hybridized carbons (Fsp3) is 0.625. The van der Waals surface area contributed by atoms with Gasteiger partial charge < -0.3 is 20.9 Å². The van der Waals surface area contributed by atoms with Gasteiger partial charge in [0.1, 0.15) is 11.6 Å². The summed E-state index contributed by atoms with van der Waals surface area (Å²) in [5.41, 5.74) is 5.72. The number of rotatable bonds is 4. The van der Waals surface area contributed by atoms with Gasteiger partial charge in [-0.1, -0.05) is 13.8 Å². The van der Waals surface area contributed by atoms with Crippen LogP contribution in [-0.2, 0) is 0 Å². The lowest BCUT2D eigenvalue weighted by Crippen LogP contribution is -2.42. The van der Waals surface area contributed by atoms with E-state index in [1.54, 1.807) is 0 Å². The van der Waals surface area contributed by atoms with E-state index in [0.29, 0.717) is 18.0 Å². The summed E-state index contributed by atoms with van der Waals surface area (Å²) in [6.07, 6.45) is 3.39. The van der Waals surface area contributed by atoms with Crippen molar-refractivity contribution >= 4 is 11.4 Å². The third-order valence-corrected chi connectivity index (χ3v) is 4.46. The monoisotopic (exact) mass is 296 g/mol. The molecule has 1 aliphatic rings. The van der Waals surface area contributed by atoms with E-state index in [-0.39, 0.29) is 11.1 Å². The van der Waals surface area contributed by atoms with Gasteiger partial charge in [0.15, 0.2) is 0 Å². The summed E-state index contributed by atoms with van der Waals surface area (Å²) in [5.74, 6) is -0.0105. The normalized spacial score (nSPS) is 20.0. The molecule has 0 saturated heterocycles. The Morgan fingerprint density at radius 1 is 1.29 bits per heavy atom. The number of methoxy groups -OCH3 is 1. The summed E-state index contributed by atoms with van der Waals surface area (Å²) in [6, 6.07) is 2.76. The van der Waals surface area contributed by atoms with Gasteiger partial charge in [-0.3, -0.25) is 0 Å². The lowest BCUT2D eigenvalue weighted by molar-refractivity contribution is -0.0145. The number of nitrogen functional groups attached to an aromatic ring is 1. The van der Waals surface area contributed by atoms with Crippen molar-refractivity contribution in [2.24, 2.45) is 5.41 Å². The van der Waals surface area contributed by atoms with E-state index in [0.717, 1.165) is 25.7 Å². The number of benzene rings is 1. The SMILES string of the molecule is COc1cc(NCC2(O)CCC(C)(C)CC2)c(F)cc1N. The molecule has 4 N–H and O–H groups in total. The highest BCUT2D eigenvalue weighted by molar-refractivity contribution is 5.62. The molecule has 21 heavy (non-hydrogen) atoms. The number of anilines is 2. The van der Waals surface area contributed by atoms with Gasteiger partial charge >= 0.3 is 0 Å². The van der Waals surface area contributed by atoms with E-state index in [1.165, 1.54) is 19.2 Å². The molecule has 1 saturated carbocycles. The topological polar surface area (TPSA) is 67.5 Å². The second kappa shape index (κ2) is 5.72. The van der Waals surface area contributed by atoms with Crippen molar-refractivity contribution in [2.75, 3.05) is 24.7 Å². The quantitative estimate of drug-likeness (QED) is 0.747. The number of ether oxygens (including phenoxy) is 1. The Morgan fingerprint density at radius 3 is 2.48 bits per heavy atom. The number of nitrogens with one attached hydrogen (secondary N) is 1. The number of halogens is 1. The Balaban J connectivity index is 2.03. The minimum Gasteiger partial charge on any atom is -0.495 e. The van der Waals surface area contributed by atoms with E-state index in [4.69, 9.17) is 10.5 Å². The summed E-state index contributed by atoms with van der Waals surface area (Å²) < 4.78 is 19.0. The maximum Gasteiger partial charge on any atom is 0.148 e. The number of nitrogens with two attached hydrogens (primary N) is 1. The van der Waals surface area contributed by atoms with Crippen molar-refractivity contribution in [1.82, 2.24) is 0 Å². The average Bonchev–Trinajstić information content (AvgIpc) is 2.42. The third-order valence-electron chi connectivity index (χ3n) is 4.46. The van der Waals surface area contributed by atoms with Crippen LogP contribution in [0.15, 0.2) is 12.1 Å². The largest absolute Gasteiger partial charge is 0.495 e. The van der Waals surface area contributed by atoms with Gasteiger partial charge in [-0.05, 0) is 31.1 Å². The maximum atomic E-state index is 13.9. The Bertz CT molecular complexity index is 507. The molecule has 0 heterocycles. The maximum absolute atomic E-state index is 13.9. The van der Waals surface area contributed by atoms with E-state index in [1.807, 2.05) is 0 Å². The lowest BCUT2D eigenvalue weighted by atomic mass is 9.71. The van der Waals surface area contributed by atoms with Crippen LogP contribution < -0.4 is 15.8 Å². The van der Waals surface area contributed by atoms with Crippen LogP contribution in [0.4, 0.5) is 15.8 Å². The lowest BCUT2D eigenvalue weighted by Gasteiger charge is -2.40. The third kappa shape index (κ3) is 3.79. The van der Waals surface area contributed by atoms with Gasteiger partial charge in [0.05, 0.1) is 24.1 Å². The molecule has 0 radical (unpaired) electrons. The minimum absolute atomic E-state index is 0.263. The van der Waals surface area contributed by atoms with Gasteiger partial charge in [-0.25, -0.2) is 4.39 Å². The second-order valence-electron chi connectivity index (χ2n) is 6.82. The number of hydrogen-bond donors (Lipinski definition) is 3. The fourth-order valence-corrected chi connectivity index (χ4v) is 2.71. The molecule has 118 valence electrons. The summed E-state index contributed by atoms with van der Waals surface area (Å²) in [6.45, 7) is 4.75. The van der Waals surface area contributed by atoms with E-state index < -0.39 is 11.4 Å². The number of aliphatic hydroxyl groups is 1. The van der Waals surface area contributed by atoms with Gasteiger partial charge in [0.2, 0.25) is 0 Å². The van der Waals surface area contributed by atoms with Gasteiger partial charge in [-0.2, -0.15) is 0 Å². The van der Waals surface area contributed by atoms with Crippen molar-refractivity contribution in [1.29, 1.82) is 0 Å². The molecule has 0 atom stereocenters. The first-order chi connectivity index (χ1) is 9.75. The fourth-order valence-electron chi connectivity index (χ4n) is 2.71. The molecule has 0 bridgehead atoms. The zero-order valence-corrected chi connectivity index (χ0v) is 13.0. The van der Waals surface area contributed by atoms with Crippen molar-refractivity contribution in [3.8, 4) is 5.75 Å². The van der Waals surface area contributed by atoms with Gasteiger partial charge in [0, 0.05) is 18.7 Å². The first kappa shape index (κ1) is 15.9. The van der Waals surface area contributed by atoms with E-state index in [2.05, 4.69) is 19.2 Å². The Labute approximate surface area is 125 Å². The molecule has 0 spiro atoms. The van der Waals surface area contributed by atoms with Gasteiger partial charge in [0.25, 0.3) is 0 Å². The zero-order chi connectivity index (χ0) is 15.7. The van der Waals surface area contributed by atoms with E-state index in [9.17, 15) is 9.50 Å². The highest BCUT2D eigenvalue weighted by Crippen LogP contribution is 2.40. The molecule has 0 aromatic heterocycles. The van der Waals surface area contributed by atoms with Gasteiger partial charge in [-0.15, -0.1) is 0 Å². The first-order valence-electron chi connectivity index (χ1n) is 7.34. The second-order valence-corrected chi connectivity index (χ2v) is 6.82. The molecule has 0 aliphatic heterocycles. The molecule has 0 amide bonds. The Morgan fingerprint density at radius 2 is 1.90 bits per heavy atom. The van der Waals surface area contributed by atoms with Crippen LogP contribution in [0.5, 0.6) is 5.75 Å². The standard InChI is InChI=1S/C16H25FN2O2/c1-15(2)4-6-16(20,7-5-15)10-19-13-9-14(21-3)12(18)8-11(13)17/h8-9,19-20H,4-7,10,18H2,1-3H3. The van der Waals surface area contributed by atoms with Crippen LogP contribution in [0.3, 0.4) is 0 Å². The van der Waals surface area contributed by atoms with Crippen molar-refractivity contribution in [2.45, 2.75) is 45.1 Å². The molecular weight excluding hydrogens is 271 g/mol. The van der Waals surface area contributed by atoms with Crippen molar-refractivity contribution in [3.63, 3.8) is 0 Å². The Kier molecular flexibility index (Phi) is 4.33. The zero-order valence-electron chi connectivity index (χ0n) is 13.0. The van der Waals surface area contributed by atoms with Crippen molar-refractivity contribution < 1.29 is 14.2 Å². The van der Waals surface area contributed by atoms with Crippen LogP contribution >= 0.6 is 0 Å². The van der Waals surface area contributed by atoms with E-state index >= 15 is 0 Å². The van der Waals surface area contributed by atoms with Crippen LogP contribution in [0.2, 0.25) is 0 Å². The molecule has 1 aromatic rings. The van der Waals surface area contributed by atoms with Crippen LogP contribution in [0, 0.1) is 11.2 Å². The van der Waals surface area contributed by atoms with Crippen LogP contribution in [0.1, 0.15) is 39.5 Å².